The zero-order valence-corrected chi connectivity index (χ0v) is 18.2. The summed E-state index contributed by atoms with van der Waals surface area (Å²) in [7, 11) is 0. The molecule has 2 aromatic rings. The van der Waals surface area contributed by atoms with E-state index >= 15 is 0 Å². The topological polar surface area (TPSA) is 101 Å². The largest absolute Gasteiger partial charge is 0.282 e. The number of amides is 3. The van der Waals surface area contributed by atoms with Crippen molar-refractivity contribution in [3.63, 3.8) is 0 Å². The Kier molecular flexibility index (Phi) is 5.97. The van der Waals surface area contributed by atoms with Gasteiger partial charge >= 0.3 is 0 Å². The minimum absolute atomic E-state index is 0.103. The average Bonchev–Trinajstić information content (AvgIpc) is 3.02. The number of hydrogen-bond donors (Lipinski definition) is 0. The number of nitrogens with zero attached hydrogens (tertiary/aromatic N) is 3. The Bertz CT molecular complexity index is 1090. The van der Waals surface area contributed by atoms with Gasteiger partial charge in [-0.2, -0.15) is 5.01 Å². The van der Waals surface area contributed by atoms with Crippen LogP contribution in [0.2, 0.25) is 5.02 Å². The Hall–Kier alpha value is -3.26. The number of nitro benzene ring substituents is 1. The molecule has 1 aliphatic carbocycles. The van der Waals surface area contributed by atoms with Gasteiger partial charge in [-0.15, -0.1) is 0 Å². The number of para-hydroxylation sites is 1. The third kappa shape index (κ3) is 3.98. The zero-order chi connectivity index (χ0) is 23.0. The van der Waals surface area contributed by atoms with E-state index in [0.29, 0.717) is 29.3 Å². The van der Waals surface area contributed by atoms with Gasteiger partial charge in [0.05, 0.1) is 23.3 Å². The number of halogens is 1. The maximum absolute atomic E-state index is 13.5. The molecule has 0 aromatic heterocycles. The summed E-state index contributed by atoms with van der Waals surface area (Å²) in [6.45, 7) is 1.94. The van der Waals surface area contributed by atoms with Gasteiger partial charge in [-0.05, 0) is 48.9 Å². The zero-order valence-electron chi connectivity index (χ0n) is 17.4. The fraction of sp³-hybridized carbons (Fsp3) is 0.348. The lowest BCUT2D eigenvalue weighted by molar-refractivity contribution is -0.385. The van der Waals surface area contributed by atoms with Crippen molar-refractivity contribution in [1.29, 1.82) is 0 Å². The van der Waals surface area contributed by atoms with Gasteiger partial charge in [-0.3, -0.25) is 24.5 Å². The molecule has 166 valence electrons. The Morgan fingerprint density at radius 2 is 1.75 bits per heavy atom. The fourth-order valence-corrected chi connectivity index (χ4v) is 4.68. The van der Waals surface area contributed by atoms with E-state index in [1.54, 1.807) is 24.3 Å². The first kappa shape index (κ1) is 22.0. The molecule has 0 spiro atoms. The van der Waals surface area contributed by atoms with Crippen molar-refractivity contribution in [3.8, 4) is 0 Å². The molecular weight excluding hydrogens is 434 g/mol. The summed E-state index contributed by atoms with van der Waals surface area (Å²) in [5.41, 5.74) is 0.0595. The number of hydrazine groups is 1. The molecule has 4 rings (SSSR count). The highest BCUT2D eigenvalue weighted by molar-refractivity contribution is 6.30. The van der Waals surface area contributed by atoms with Crippen molar-refractivity contribution in [2.75, 3.05) is 0 Å². The molecule has 32 heavy (non-hydrogen) atoms. The van der Waals surface area contributed by atoms with Gasteiger partial charge in [0.25, 0.3) is 23.4 Å². The summed E-state index contributed by atoms with van der Waals surface area (Å²) in [6, 6.07) is 12.2. The predicted molar refractivity (Wildman–Crippen MR) is 116 cm³/mol. The lowest BCUT2D eigenvalue weighted by atomic mass is 9.76. The third-order valence-electron chi connectivity index (χ3n) is 6.22. The Balaban J connectivity index is 1.75. The summed E-state index contributed by atoms with van der Waals surface area (Å²) in [6.07, 6.45) is 2.00. The molecule has 2 aliphatic rings. The van der Waals surface area contributed by atoms with Gasteiger partial charge in [0, 0.05) is 11.1 Å². The quantitative estimate of drug-likeness (QED) is 0.381. The number of carbonyl (C=O) groups is 3. The van der Waals surface area contributed by atoms with Crippen LogP contribution in [0, 0.1) is 27.9 Å². The SMILES string of the molecule is C[C@@H]1CC[C@@H]2C(=O)N(N(Cc3ccc(Cl)cc3)C(=O)c3ccccc3[N+](=O)[O-])C(=O)[C@@H]2C1. The maximum atomic E-state index is 13.5. The summed E-state index contributed by atoms with van der Waals surface area (Å²) in [5, 5.41) is 14.0. The molecule has 1 aliphatic heterocycles. The molecular formula is C23H22ClN3O5. The van der Waals surface area contributed by atoms with E-state index in [1.165, 1.54) is 24.3 Å². The number of benzene rings is 2. The van der Waals surface area contributed by atoms with Gasteiger partial charge in [-0.25, -0.2) is 5.01 Å². The second-order valence-corrected chi connectivity index (χ2v) is 8.82. The van der Waals surface area contributed by atoms with Gasteiger partial charge in [0.2, 0.25) is 0 Å². The number of hydrogen-bond acceptors (Lipinski definition) is 5. The Labute approximate surface area is 189 Å². The van der Waals surface area contributed by atoms with Crippen LogP contribution in [0.25, 0.3) is 0 Å². The Morgan fingerprint density at radius 1 is 1.09 bits per heavy atom. The first-order valence-electron chi connectivity index (χ1n) is 10.5. The standard InChI is InChI=1S/C23H22ClN3O5/c1-14-6-11-17-19(12-14)23(30)26(22(17)29)25(13-15-7-9-16(24)10-8-15)21(28)18-4-2-3-5-20(18)27(31)32/h2-5,7-10,14,17,19H,6,11-13H2,1H3/t14-,17+,19-/m1/s1. The van der Waals surface area contributed by atoms with Crippen LogP contribution in [0.4, 0.5) is 5.69 Å². The van der Waals surface area contributed by atoms with E-state index in [1.807, 2.05) is 6.92 Å². The first-order chi connectivity index (χ1) is 15.3. The fourth-order valence-electron chi connectivity index (χ4n) is 4.56. The minimum atomic E-state index is -0.777. The third-order valence-corrected chi connectivity index (χ3v) is 6.47. The van der Waals surface area contributed by atoms with Crippen LogP contribution in [-0.2, 0) is 16.1 Å². The molecule has 0 radical (unpaired) electrons. The predicted octanol–water partition coefficient (Wildman–Crippen LogP) is 4.23. The van der Waals surface area contributed by atoms with Gasteiger partial charge < -0.3 is 0 Å². The molecule has 0 unspecified atom stereocenters. The van der Waals surface area contributed by atoms with Crippen molar-refractivity contribution < 1.29 is 19.3 Å². The molecule has 3 amide bonds. The number of nitro groups is 1. The van der Waals surface area contributed by atoms with Crippen molar-refractivity contribution in [2.45, 2.75) is 32.7 Å². The minimum Gasteiger partial charge on any atom is -0.272 e. The van der Waals surface area contributed by atoms with Crippen LogP contribution in [0.1, 0.15) is 42.1 Å². The summed E-state index contributed by atoms with van der Waals surface area (Å²) >= 11 is 5.96. The maximum Gasteiger partial charge on any atom is 0.282 e. The highest BCUT2D eigenvalue weighted by atomic mass is 35.5. The van der Waals surface area contributed by atoms with E-state index < -0.39 is 34.5 Å². The lowest BCUT2D eigenvalue weighted by Crippen LogP contribution is -2.49. The molecule has 2 aromatic carbocycles. The van der Waals surface area contributed by atoms with Crippen LogP contribution in [0.15, 0.2) is 48.5 Å². The average molecular weight is 456 g/mol. The van der Waals surface area contributed by atoms with E-state index in [2.05, 4.69) is 0 Å². The van der Waals surface area contributed by atoms with E-state index in [4.69, 9.17) is 11.6 Å². The van der Waals surface area contributed by atoms with E-state index in [-0.39, 0.29) is 17.8 Å². The molecule has 3 atom stereocenters. The molecule has 1 heterocycles. The molecule has 1 saturated heterocycles. The summed E-state index contributed by atoms with van der Waals surface area (Å²) < 4.78 is 0. The van der Waals surface area contributed by atoms with Crippen LogP contribution in [-0.4, -0.2) is 32.7 Å². The number of fused-ring (bicyclic) bond motifs is 1. The molecule has 9 heteroatoms. The van der Waals surface area contributed by atoms with Crippen molar-refractivity contribution in [3.05, 3.63) is 74.8 Å². The van der Waals surface area contributed by atoms with Crippen molar-refractivity contribution >= 4 is 35.0 Å². The van der Waals surface area contributed by atoms with Crippen LogP contribution in [0.3, 0.4) is 0 Å². The highest BCUT2D eigenvalue weighted by Crippen LogP contribution is 2.41. The lowest BCUT2D eigenvalue weighted by Gasteiger charge is -2.30. The second-order valence-electron chi connectivity index (χ2n) is 8.38. The van der Waals surface area contributed by atoms with Gasteiger partial charge in [0.15, 0.2) is 0 Å². The molecule has 0 N–H and O–H groups in total. The molecule has 1 saturated carbocycles. The summed E-state index contributed by atoms with van der Waals surface area (Å²) in [4.78, 5) is 50.9. The number of rotatable bonds is 5. The smallest absolute Gasteiger partial charge is 0.272 e. The first-order valence-corrected chi connectivity index (χ1v) is 10.8. The van der Waals surface area contributed by atoms with Crippen LogP contribution >= 0.6 is 11.6 Å². The monoisotopic (exact) mass is 455 g/mol. The van der Waals surface area contributed by atoms with Gasteiger partial charge in [-0.1, -0.05) is 42.8 Å². The van der Waals surface area contributed by atoms with Crippen LogP contribution < -0.4 is 0 Å². The molecule has 8 nitrogen and oxygen atoms in total. The van der Waals surface area contributed by atoms with E-state index in [9.17, 15) is 24.5 Å². The van der Waals surface area contributed by atoms with Crippen LogP contribution in [0.5, 0.6) is 0 Å². The van der Waals surface area contributed by atoms with Gasteiger partial charge in [0.1, 0.15) is 5.56 Å². The normalized spacial score (nSPS) is 22.6. The Morgan fingerprint density at radius 3 is 2.44 bits per heavy atom. The molecule has 2 fully saturated rings. The van der Waals surface area contributed by atoms with Crippen molar-refractivity contribution in [2.24, 2.45) is 17.8 Å². The number of carbonyl (C=O) groups excluding carboxylic acids is 3. The summed E-state index contributed by atoms with van der Waals surface area (Å²) in [5.74, 6) is -2.26. The van der Waals surface area contributed by atoms with Crippen molar-refractivity contribution in [1.82, 2.24) is 10.0 Å². The second kappa shape index (κ2) is 8.70. The van der Waals surface area contributed by atoms with E-state index in [0.717, 1.165) is 16.4 Å². The molecule has 0 bridgehead atoms. The highest BCUT2D eigenvalue weighted by Gasteiger charge is 2.52. The number of imide groups is 1.